The predicted octanol–water partition coefficient (Wildman–Crippen LogP) is 4.25. The number of allylic oxidation sites excluding steroid dienone is 2. The summed E-state index contributed by atoms with van der Waals surface area (Å²) in [5.74, 6) is -0.0463. The SMILES string of the molecule is CCCCOC(=O)CCC/C=C(\C)CCC. The lowest BCUT2D eigenvalue weighted by Gasteiger charge is -2.03. The molecule has 0 aromatic rings. The number of carbonyl (C=O) groups is 1. The summed E-state index contributed by atoms with van der Waals surface area (Å²) in [5, 5.41) is 0. The molecule has 0 spiro atoms. The first kappa shape index (κ1) is 15.2. The van der Waals surface area contributed by atoms with Crippen LogP contribution in [0.5, 0.6) is 0 Å². The van der Waals surface area contributed by atoms with E-state index in [0.717, 1.165) is 25.7 Å². The lowest BCUT2D eigenvalue weighted by molar-refractivity contribution is -0.143. The Bertz CT molecular complexity index is 207. The van der Waals surface area contributed by atoms with Gasteiger partial charge < -0.3 is 4.74 Å². The molecule has 0 saturated heterocycles. The summed E-state index contributed by atoms with van der Waals surface area (Å²) in [5.41, 5.74) is 1.43. The molecule has 0 rings (SSSR count). The normalized spacial score (nSPS) is 11.6. The fourth-order valence-electron chi connectivity index (χ4n) is 1.49. The number of ether oxygens (including phenoxy) is 1. The highest BCUT2D eigenvalue weighted by Gasteiger charge is 2.00. The lowest BCUT2D eigenvalue weighted by atomic mass is 10.1. The van der Waals surface area contributed by atoms with Crippen LogP contribution in [0.2, 0.25) is 0 Å². The van der Waals surface area contributed by atoms with Crippen molar-refractivity contribution in [1.82, 2.24) is 0 Å². The maximum Gasteiger partial charge on any atom is 0.305 e. The monoisotopic (exact) mass is 226 g/mol. The number of hydrogen-bond donors (Lipinski definition) is 0. The van der Waals surface area contributed by atoms with E-state index in [4.69, 9.17) is 4.74 Å². The first-order chi connectivity index (χ1) is 7.70. The number of hydrogen-bond acceptors (Lipinski definition) is 2. The van der Waals surface area contributed by atoms with Crippen LogP contribution >= 0.6 is 0 Å². The van der Waals surface area contributed by atoms with Crippen LogP contribution in [0.3, 0.4) is 0 Å². The quantitative estimate of drug-likeness (QED) is 0.334. The second kappa shape index (κ2) is 10.7. The molecule has 0 saturated carbocycles. The largest absolute Gasteiger partial charge is 0.466 e. The summed E-state index contributed by atoms with van der Waals surface area (Å²) < 4.78 is 5.08. The molecule has 0 atom stereocenters. The fourth-order valence-corrected chi connectivity index (χ4v) is 1.49. The maximum absolute atomic E-state index is 11.2. The third-order valence-corrected chi connectivity index (χ3v) is 2.48. The van der Waals surface area contributed by atoms with Gasteiger partial charge in [0.2, 0.25) is 0 Å². The van der Waals surface area contributed by atoms with Gasteiger partial charge in [-0.3, -0.25) is 4.79 Å². The van der Waals surface area contributed by atoms with Crippen LogP contribution < -0.4 is 0 Å². The first-order valence-corrected chi connectivity index (χ1v) is 6.52. The minimum Gasteiger partial charge on any atom is -0.466 e. The second-order valence-electron chi connectivity index (χ2n) is 4.27. The van der Waals surface area contributed by atoms with Crippen LogP contribution in [-0.4, -0.2) is 12.6 Å². The molecule has 0 heterocycles. The smallest absolute Gasteiger partial charge is 0.305 e. The summed E-state index contributed by atoms with van der Waals surface area (Å²) >= 11 is 0. The molecule has 0 aliphatic rings. The zero-order valence-electron chi connectivity index (χ0n) is 11.1. The van der Waals surface area contributed by atoms with E-state index in [1.54, 1.807) is 0 Å². The standard InChI is InChI=1S/C14H26O2/c1-4-6-12-16-14(15)11-8-7-10-13(3)9-5-2/h10H,4-9,11-12H2,1-3H3/b13-10+. The van der Waals surface area contributed by atoms with Gasteiger partial charge in [-0.15, -0.1) is 0 Å². The van der Waals surface area contributed by atoms with Gasteiger partial charge in [-0.1, -0.05) is 38.3 Å². The van der Waals surface area contributed by atoms with Crippen LogP contribution in [0.25, 0.3) is 0 Å². The van der Waals surface area contributed by atoms with Gasteiger partial charge in [-0.05, 0) is 32.6 Å². The third kappa shape index (κ3) is 9.75. The van der Waals surface area contributed by atoms with E-state index >= 15 is 0 Å². The van der Waals surface area contributed by atoms with E-state index in [9.17, 15) is 4.79 Å². The Morgan fingerprint density at radius 3 is 2.50 bits per heavy atom. The van der Waals surface area contributed by atoms with Crippen LogP contribution in [0.15, 0.2) is 11.6 Å². The van der Waals surface area contributed by atoms with E-state index in [1.165, 1.54) is 18.4 Å². The zero-order valence-corrected chi connectivity index (χ0v) is 11.1. The fraction of sp³-hybridized carbons (Fsp3) is 0.786. The van der Waals surface area contributed by atoms with E-state index < -0.39 is 0 Å². The molecule has 0 radical (unpaired) electrons. The second-order valence-corrected chi connectivity index (χ2v) is 4.27. The molecule has 2 heteroatoms. The summed E-state index contributed by atoms with van der Waals surface area (Å²) in [6.07, 6.45) is 9.11. The van der Waals surface area contributed by atoms with Gasteiger partial charge in [-0.25, -0.2) is 0 Å². The summed E-state index contributed by atoms with van der Waals surface area (Å²) in [4.78, 5) is 11.2. The van der Waals surface area contributed by atoms with Crippen molar-refractivity contribution in [3.63, 3.8) is 0 Å². The molecular formula is C14H26O2. The average molecular weight is 226 g/mol. The van der Waals surface area contributed by atoms with Crippen molar-refractivity contribution in [3.8, 4) is 0 Å². The zero-order chi connectivity index (χ0) is 12.2. The van der Waals surface area contributed by atoms with Crippen molar-refractivity contribution in [2.75, 3.05) is 6.61 Å². The van der Waals surface area contributed by atoms with Gasteiger partial charge in [0.25, 0.3) is 0 Å². The van der Waals surface area contributed by atoms with Crippen LogP contribution in [0.1, 0.15) is 65.7 Å². The molecule has 94 valence electrons. The molecule has 0 aromatic carbocycles. The minimum absolute atomic E-state index is 0.0463. The summed E-state index contributed by atoms with van der Waals surface area (Å²) in [7, 11) is 0. The number of esters is 1. The van der Waals surface area contributed by atoms with E-state index in [2.05, 4.69) is 26.8 Å². The Labute approximate surface area is 100 Å². The maximum atomic E-state index is 11.2. The van der Waals surface area contributed by atoms with Gasteiger partial charge in [0.05, 0.1) is 6.61 Å². The molecule has 2 nitrogen and oxygen atoms in total. The molecule has 0 unspecified atom stereocenters. The molecule has 16 heavy (non-hydrogen) atoms. The van der Waals surface area contributed by atoms with Gasteiger partial charge in [-0.2, -0.15) is 0 Å². The van der Waals surface area contributed by atoms with E-state index in [1.807, 2.05) is 0 Å². The highest BCUT2D eigenvalue weighted by atomic mass is 16.5. The van der Waals surface area contributed by atoms with Gasteiger partial charge in [0, 0.05) is 6.42 Å². The predicted molar refractivity (Wildman–Crippen MR) is 68.4 cm³/mol. The van der Waals surface area contributed by atoms with Crippen molar-refractivity contribution in [1.29, 1.82) is 0 Å². The van der Waals surface area contributed by atoms with Crippen molar-refractivity contribution < 1.29 is 9.53 Å². The topological polar surface area (TPSA) is 26.3 Å². The molecule has 0 fully saturated rings. The Balaban J connectivity index is 3.43. The Morgan fingerprint density at radius 1 is 1.12 bits per heavy atom. The minimum atomic E-state index is -0.0463. The van der Waals surface area contributed by atoms with Crippen LogP contribution in [0, 0.1) is 0 Å². The highest BCUT2D eigenvalue weighted by Crippen LogP contribution is 2.07. The molecular weight excluding hydrogens is 200 g/mol. The Kier molecular flexibility index (Phi) is 10.2. The lowest BCUT2D eigenvalue weighted by Crippen LogP contribution is -2.05. The Morgan fingerprint density at radius 2 is 1.88 bits per heavy atom. The van der Waals surface area contributed by atoms with Crippen LogP contribution in [-0.2, 0) is 9.53 Å². The molecule has 0 aromatic heterocycles. The number of carbonyl (C=O) groups excluding carboxylic acids is 1. The first-order valence-electron chi connectivity index (χ1n) is 6.52. The van der Waals surface area contributed by atoms with E-state index in [-0.39, 0.29) is 5.97 Å². The third-order valence-electron chi connectivity index (χ3n) is 2.48. The van der Waals surface area contributed by atoms with Crippen molar-refractivity contribution in [3.05, 3.63) is 11.6 Å². The molecule has 0 N–H and O–H groups in total. The average Bonchev–Trinajstić information content (AvgIpc) is 2.25. The van der Waals surface area contributed by atoms with Crippen molar-refractivity contribution in [2.24, 2.45) is 0 Å². The van der Waals surface area contributed by atoms with E-state index in [0.29, 0.717) is 13.0 Å². The molecule has 0 aliphatic carbocycles. The van der Waals surface area contributed by atoms with Crippen molar-refractivity contribution >= 4 is 5.97 Å². The van der Waals surface area contributed by atoms with Crippen molar-refractivity contribution in [2.45, 2.75) is 65.7 Å². The summed E-state index contributed by atoms with van der Waals surface area (Å²) in [6, 6.07) is 0. The van der Waals surface area contributed by atoms with Gasteiger partial charge in [0.1, 0.15) is 0 Å². The Hall–Kier alpha value is -0.790. The molecule has 0 bridgehead atoms. The number of rotatable bonds is 9. The number of unbranched alkanes of at least 4 members (excludes halogenated alkanes) is 2. The highest BCUT2D eigenvalue weighted by molar-refractivity contribution is 5.69. The molecule has 0 amide bonds. The summed E-state index contributed by atoms with van der Waals surface area (Å²) in [6.45, 7) is 7.01. The van der Waals surface area contributed by atoms with Gasteiger partial charge in [0.15, 0.2) is 0 Å². The van der Waals surface area contributed by atoms with Gasteiger partial charge >= 0.3 is 5.97 Å². The van der Waals surface area contributed by atoms with Crippen LogP contribution in [0.4, 0.5) is 0 Å². The molecule has 0 aliphatic heterocycles.